The average Bonchev–Trinajstić information content (AvgIpc) is 2.74. The highest BCUT2D eigenvalue weighted by Crippen LogP contribution is 2.21. The molecule has 0 spiro atoms. The molecule has 0 aliphatic carbocycles. The maximum Gasteiger partial charge on any atom is 0.300 e. The maximum atomic E-state index is 12.4. The number of carbonyl (C=O) groups is 1. The van der Waals surface area contributed by atoms with Crippen molar-refractivity contribution in [2.24, 2.45) is 4.99 Å². The molecule has 1 heterocycles. The highest BCUT2D eigenvalue weighted by atomic mass is 16.5. The number of amides is 1. The third-order valence-corrected chi connectivity index (χ3v) is 3.28. The first-order valence-corrected chi connectivity index (χ1v) is 7.49. The lowest BCUT2D eigenvalue weighted by Gasteiger charge is -2.11. The molecule has 0 radical (unpaired) electrons. The number of benzene rings is 1. The van der Waals surface area contributed by atoms with Crippen molar-refractivity contribution >= 4 is 23.7 Å². The van der Waals surface area contributed by atoms with E-state index in [1.807, 2.05) is 64.0 Å². The first-order chi connectivity index (χ1) is 10.4. The van der Waals surface area contributed by atoms with E-state index in [1.54, 1.807) is 11.0 Å². The molecule has 0 bridgehead atoms. The van der Waals surface area contributed by atoms with E-state index in [4.69, 9.17) is 4.74 Å². The number of hydrogen-bond acceptors (Lipinski definition) is 4. The summed E-state index contributed by atoms with van der Waals surface area (Å²) in [6.07, 6.45) is 1.76. The van der Waals surface area contributed by atoms with Gasteiger partial charge in [0.15, 0.2) is 5.76 Å². The van der Waals surface area contributed by atoms with Gasteiger partial charge in [0.2, 0.25) is 0 Å². The van der Waals surface area contributed by atoms with Crippen LogP contribution in [0.5, 0.6) is 0 Å². The summed E-state index contributed by atoms with van der Waals surface area (Å²) in [4.78, 5) is 20.3. The molecule has 1 aliphatic heterocycles. The van der Waals surface area contributed by atoms with Crippen molar-refractivity contribution in [2.75, 3.05) is 25.5 Å². The van der Waals surface area contributed by atoms with E-state index in [2.05, 4.69) is 4.99 Å². The fourth-order valence-corrected chi connectivity index (χ4v) is 2.12. The molecular formula is C17H23N3O2. The average molecular weight is 301 g/mol. The van der Waals surface area contributed by atoms with Crippen LogP contribution < -0.4 is 4.90 Å². The Hall–Kier alpha value is -2.30. The summed E-state index contributed by atoms with van der Waals surface area (Å²) in [6, 6.07) is 8.41. The van der Waals surface area contributed by atoms with Gasteiger partial charge in [-0.2, -0.15) is 0 Å². The number of anilines is 1. The number of hydrogen-bond donors (Lipinski definition) is 0. The van der Waals surface area contributed by atoms with E-state index in [0.717, 1.165) is 11.3 Å². The number of likely N-dealkylation sites (N-methyl/N-ethyl adjacent to an activating group) is 1. The SMILES string of the molecule is CCN1C(=O)/C(=C\c2ccc(N(C)C)cc2)O/C1=N/C(C)C. The Kier molecular flexibility index (Phi) is 4.85. The number of amidine groups is 1. The number of carbonyl (C=O) groups excluding carboxylic acids is 1. The van der Waals surface area contributed by atoms with Gasteiger partial charge in [0.05, 0.1) is 0 Å². The molecule has 5 nitrogen and oxygen atoms in total. The molecule has 1 saturated heterocycles. The molecule has 118 valence electrons. The molecule has 0 aromatic heterocycles. The van der Waals surface area contributed by atoms with Crippen molar-refractivity contribution in [3.8, 4) is 0 Å². The quantitative estimate of drug-likeness (QED) is 0.803. The van der Waals surface area contributed by atoms with Crippen molar-refractivity contribution in [3.05, 3.63) is 35.6 Å². The lowest BCUT2D eigenvalue weighted by Crippen LogP contribution is -2.30. The first kappa shape index (κ1) is 16.1. The lowest BCUT2D eigenvalue weighted by atomic mass is 10.1. The first-order valence-electron chi connectivity index (χ1n) is 7.49. The summed E-state index contributed by atoms with van der Waals surface area (Å²) >= 11 is 0. The van der Waals surface area contributed by atoms with Gasteiger partial charge in [-0.15, -0.1) is 0 Å². The second-order valence-corrected chi connectivity index (χ2v) is 5.65. The highest BCUT2D eigenvalue weighted by molar-refractivity contribution is 6.11. The lowest BCUT2D eigenvalue weighted by molar-refractivity contribution is -0.122. The molecule has 1 aromatic carbocycles. The van der Waals surface area contributed by atoms with E-state index >= 15 is 0 Å². The van der Waals surface area contributed by atoms with E-state index in [1.165, 1.54) is 0 Å². The van der Waals surface area contributed by atoms with E-state index in [0.29, 0.717) is 18.3 Å². The predicted molar refractivity (Wildman–Crippen MR) is 89.8 cm³/mol. The van der Waals surface area contributed by atoms with Gasteiger partial charge < -0.3 is 9.64 Å². The third kappa shape index (κ3) is 3.47. The van der Waals surface area contributed by atoms with Crippen LogP contribution in [0.1, 0.15) is 26.3 Å². The molecule has 0 saturated carbocycles. The minimum atomic E-state index is -0.140. The second-order valence-electron chi connectivity index (χ2n) is 5.65. The number of nitrogens with zero attached hydrogens (tertiary/aromatic N) is 3. The minimum Gasteiger partial charge on any atom is -0.420 e. The fourth-order valence-electron chi connectivity index (χ4n) is 2.12. The van der Waals surface area contributed by atoms with E-state index < -0.39 is 0 Å². The Morgan fingerprint density at radius 2 is 1.91 bits per heavy atom. The van der Waals surface area contributed by atoms with Gasteiger partial charge in [-0.1, -0.05) is 12.1 Å². The van der Waals surface area contributed by atoms with Gasteiger partial charge in [-0.05, 0) is 44.5 Å². The van der Waals surface area contributed by atoms with Crippen LogP contribution in [-0.4, -0.2) is 43.5 Å². The molecule has 0 unspecified atom stereocenters. The molecule has 22 heavy (non-hydrogen) atoms. The molecular weight excluding hydrogens is 278 g/mol. The van der Waals surface area contributed by atoms with Crippen LogP contribution in [0.2, 0.25) is 0 Å². The van der Waals surface area contributed by atoms with Crippen LogP contribution in [0.3, 0.4) is 0 Å². The Labute approximate surface area is 131 Å². The van der Waals surface area contributed by atoms with Crippen molar-refractivity contribution < 1.29 is 9.53 Å². The molecule has 1 aromatic rings. The van der Waals surface area contributed by atoms with Gasteiger partial charge in [0, 0.05) is 32.4 Å². The van der Waals surface area contributed by atoms with Crippen molar-refractivity contribution in [2.45, 2.75) is 26.8 Å². The Morgan fingerprint density at radius 3 is 2.41 bits per heavy atom. The van der Waals surface area contributed by atoms with E-state index in [-0.39, 0.29) is 11.9 Å². The topological polar surface area (TPSA) is 45.1 Å². The van der Waals surface area contributed by atoms with Crippen LogP contribution in [0.4, 0.5) is 5.69 Å². The van der Waals surface area contributed by atoms with Crippen LogP contribution in [0.25, 0.3) is 6.08 Å². The van der Waals surface area contributed by atoms with Crippen LogP contribution in [0, 0.1) is 0 Å². The zero-order chi connectivity index (χ0) is 16.3. The normalized spacial score (nSPS) is 18.5. The third-order valence-electron chi connectivity index (χ3n) is 3.28. The Balaban J connectivity index is 2.26. The summed E-state index contributed by atoms with van der Waals surface area (Å²) < 4.78 is 5.65. The predicted octanol–water partition coefficient (Wildman–Crippen LogP) is 2.74. The summed E-state index contributed by atoms with van der Waals surface area (Å²) in [5.41, 5.74) is 2.04. The van der Waals surface area contributed by atoms with Gasteiger partial charge in [-0.3, -0.25) is 9.69 Å². The van der Waals surface area contributed by atoms with Crippen LogP contribution in [-0.2, 0) is 9.53 Å². The largest absolute Gasteiger partial charge is 0.420 e. The zero-order valence-corrected chi connectivity index (χ0v) is 13.8. The van der Waals surface area contributed by atoms with Gasteiger partial charge in [-0.25, -0.2) is 4.99 Å². The smallest absolute Gasteiger partial charge is 0.300 e. The van der Waals surface area contributed by atoms with Crippen molar-refractivity contribution in [3.63, 3.8) is 0 Å². The summed E-state index contributed by atoms with van der Waals surface area (Å²) in [5, 5.41) is 0. The zero-order valence-electron chi connectivity index (χ0n) is 13.8. The number of ether oxygens (including phenoxy) is 1. The maximum absolute atomic E-state index is 12.4. The summed E-state index contributed by atoms with van der Waals surface area (Å²) in [6.45, 7) is 6.36. The number of aliphatic imine (C=N–C) groups is 1. The monoisotopic (exact) mass is 301 g/mol. The van der Waals surface area contributed by atoms with Crippen LogP contribution >= 0.6 is 0 Å². The van der Waals surface area contributed by atoms with E-state index in [9.17, 15) is 4.79 Å². The van der Waals surface area contributed by atoms with Crippen molar-refractivity contribution in [1.29, 1.82) is 0 Å². The molecule has 0 atom stereocenters. The Morgan fingerprint density at radius 1 is 1.27 bits per heavy atom. The number of rotatable bonds is 4. The fraction of sp³-hybridized carbons (Fsp3) is 0.412. The molecule has 0 N–H and O–H groups in total. The molecule has 1 fully saturated rings. The molecule has 5 heteroatoms. The summed E-state index contributed by atoms with van der Waals surface area (Å²) in [5.74, 6) is 0.178. The highest BCUT2D eigenvalue weighted by Gasteiger charge is 2.33. The Bertz CT molecular complexity index is 601. The second kappa shape index (κ2) is 6.64. The van der Waals surface area contributed by atoms with Crippen LogP contribution in [0.15, 0.2) is 35.0 Å². The summed E-state index contributed by atoms with van der Waals surface area (Å²) in [7, 11) is 3.98. The molecule has 1 aliphatic rings. The minimum absolute atomic E-state index is 0.0792. The molecule has 1 amide bonds. The standard InChI is InChI=1S/C17H23N3O2/c1-6-20-16(21)15(22-17(20)18-12(2)3)11-13-7-9-14(10-8-13)19(4)5/h7-12H,6H2,1-5H3/b15-11+,18-17+. The van der Waals surface area contributed by atoms with Crippen molar-refractivity contribution in [1.82, 2.24) is 4.90 Å². The van der Waals surface area contributed by atoms with Gasteiger partial charge >= 0.3 is 6.02 Å². The molecule has 2 rings (SSSR count). The van der Waals surface area contributed by atoms with Gasteiger partial charge in [0.25, 0.3) is 5.91 Å². The van der Waals surface area contributed by atoms with Gasteiger partial charge in [0.1, 0.15) is 0 Å².